The second-order valence-electron chi connectivity index (χ2n) is 6.93. The Kier molecular flexibility index (Phi) is 7.50. The van der Waals surface area contributed by atoms with E-state index in [1.54, 1.807) is 11.3 Å². The molecule has 0 saturated carbocycles. The second kappa shape index (κ2) is 10.1. The predicted molar refractivity (Wildman–Crippen MR) is 127 cm³/mol. The number of ether oxygens (including phenoxy) is 1. The van der Waals surface area contributed by atoms with Crippen LogP contribution < -0.4 is 15.5 Å². The van der Waals surface area contributed by atoms with Crippen LogP contribution in [0, 0.1) is 0 Å². The van der Waals surface area contributed by atoms with Gasteiger partial charge in [-0.15, -0.1) is 11.3 Å². The summed E-state index contributed by atoms with van der Waals surface area (Å²) in [6.45, 7) is 8.45. The smallest absolute Gasteiger partial charge is 0.341 e. The Labute approximate surface area is 182 Å². The lowest BCUT2D eigenvalue weighted by molar-refractivity contribution is 0.0526. The number of rotatable bonds is 7. The Bertz CT molecular complexity index is 858. The number of carbonyl (C=O) groups excluding carboxylic acids is 1. The van der Waals surface area contributed by atoms with Crippen LogP contribution in [0.3, 0.4) is 0 Å². The third-order valence-electron chi connectivity index (χ3n) is 5.13. The number of thiophene rings is 1. The SMILES string of the molecule is CCOC(=O)c1c(NC(=S)Nc2ccc(N(CC)CC)cc2)sc2c1CCCC2. The second-order valence-corrected chi connectivity index (χ2v) is 8.45. The standard InChI is InChI=1S/C22H29N3O2S2/c1-4-25(5-2)16-13-11-15(12-14-16)23-22(28)24-20-19(21(26)27-6-3)17-9-7-8-10-18(17)29-20/h11-14H,4-10H2,1-3H3,(H2,23,24,28). The van der Waals surface area contributed by atoms with Gasteiger partial charge < -0.3 is 20.3 Å². The molecule has 1 heterocycles. The highest BCUT2D eigenvalue weighted by molar-refractivity contribution is 7.80. The minimum absolute atomic E-state index is 0.263. The van der Waals surface area contributed by atoms with Gasteiger partial charge in [0, 0.05) is 29.3 Å². The van der Waals surface area contributed by atoms with Crippen LogP contribution in [0.4, 0.5) is 16.4 Å². The van der Waals surface area contributed by atoms with E-state index in [1.165, 1.54) is 10.6 Å². The van der Waals surface area contributed by atoms with Crippen LogP contribution in [0.5, 0.6) is 0 Å². The number of hydrogen-bond acceptors (Lipinski definition) is 5. The van der Waals surface area contributed by atoms with Gasteiger partial charge in [-0.25, -0.2) is 4.79 Å². The van der Waals surface area contributed by atoms with Crippen LogP contribution >= 0.6 is 23.6 Å². The van der Waals surface area contributed by atoms with E-state index in [-0.39, 0.29) is 5.97 Å². The zero-order chi connectivity index (χ0) is 20.8. The van der Waals surface area contributed by atoms with Crippen LogP contribution in [0.2, 0.25) is 0 Å². The fourth-order valence-corrected chi connectivity index (χ4v) is 5.25. The normalized spacial score (nSPS) is 12.8. The van der Waals surface area contributed by atoms with Crippen molar-refractivity contribution in [2.45, 2.75) is 46.5 Å². The maximum Gasteiger partial charge on any atom is 0.341 e. The Hall–Kier alpha value is -2.12. The summed E-state index contributed by atoms with van der Waals surface area (Å²) in [4.78, 5) is 16.1. The summed E-state index contributed by atoms with van der Waals surface area (Å²) in [6, 6.07) is 8.22. The maximum absolute atomic E-state index is 12.6. The highest BCUT2D eigenvalue weighted by Crippen LogP contribution is 2.38. The van der Waals surface area contributed by atoms with Crippen molar-refractivity contribution in [3.8, 4) is 0 Å². The van der Waals surface area contributed by atoms with Gasteiger partial charge in [0.15, 0.2) is 5.11 Å². The highest BCUT2D eigenvalue weighted by atomic mass is 32.1. The zero-order valence-electron chi connectivity index (χ0n) is 17.3. The molecule has 7 heteroatoms. The number of nitrogens with zero attached hydrogens (tertiary/aromatic N) is 1. The summed E-state index contributed by atoms with van der Waals surface area (Å²) in [5, 5.41) is 7.73. The Balaban J connectivity index is 1.73. The molecule has 0 aliphatic heterocycles. The van der Waals surface area contributed by atoms with Crippen LogP contribution in [0.25, 0.3) is 0 Å². The number of anilines is 3. The average Bonchev–Trinajstić information content (AvgIpc) is 3.08. The molecule has 156 valence electrons. The van der Waals surface area contributed by atoms with Crippen molar-refractivity contribution in [1.29, 1.82) is 0 Å². The molecule has 0 saturated heterocycles. The number of benzene rings is 1. The molecule has 3 rings (SSSR count). The van der Waals surface area contributed by atoms with Crippen molar-refractivity contribution in [3.63, 3.8) is 0 Å². The summed E-state index contributed by atoms with van der Waals surface area (Å²) in [5.74, 6) is -0.263. The molecule has 29 heavy (non-hydrogen) atoms. The van der Waals surface area contributed by atoms with Crippen LogP contribution in [0.1, 0.15) is 54.4 Å². The molecule has 1 aliphatic carbocycles. The third kappa shape index (κ3) is 5.08. The van der Waals surface area contributed by atoms with E-state index in [9.17, 15) is 4.79 Å². The summed E-state index contributed by atoms with van der Waals surface area (Å²) in [5.41, 5.74) is 3.90. The van der Waals surface area contributed by atoms with Crippen molar-refractivity contribution in [1.82, 2.24) is 0 Å². The van der Waals surface area contributed by atoms with Gasteiger partial charge in [-0.2, -0.15) is 0 Å². The number of hydrogen-bond donors (Lipinski definition) is 2. The molecule has 1 aliphatic rings. The molecule has 0 atom stereocenters. The molecule has 0 spiro atoms. The molecule has 0 unspecified atom stereocenters. The van der Waals surface area contributed by atoms with Gasteiger partial charge in [-0.3, -0.25) is 0 Å². The van der Waals surface area contributed by atoms with E-state index in [0.717, 1.165) is 55.0 Å². The minimum Gasteiger partial charge on any atom is -0.462 e. The number of thiocarbonyl (C=S) groups is 1. The molecule has 1 aromatic carbocycles. The van der Waals surface area contributed by atoms with Gasteiger partial charge in [-0.05, 0) is 88.5 Å². The quantitative estimate of drug-likeness (QED) is 0.449. The van der Waals surface area contributed by atoms with E-state index < -0.39 is 0 Å². The Morgan fingerprint density at radius 3 is 2.45 bits per heavy atom. The van der Waals surface area contributed by atoms with E-state index >= 15 is 0 Å². The van der Waals surface area contributed by atoms with Crippen LogP contribution in [-0.2, 0) is 17.6 Å². The lowest BCUT2D eigenvalue weighted by Gasteiger charge is -2.21. The van der Waals surface area contributed by atoms with Crippen molar-refractivity contribution in [2.24, 2.45) is 0 Å². The molecule has 0 radical (unpaired) electrons. The van der Waals surface area contributed by atoms with E-state index in [1.807, 2.05) is 19.1 Å². The highest BCUT2D eigenvalue weighted by Gasteiger charge is 2.26. The summed E-state index contributed by atoms with van der Waals surface area (Å²) >= 11 is 7.14. The monoisotopic (exact) mass is 431 g/mol. The topological polar surface area (TPSA) is 53.6 Å². The van der Waals surface area contributed by atoms with E-state index in [4.69, 9.17) is 17.0 Å². The summed E-state index contributed by atoms with van der Waals surface area (Å²) in [6.07, 6.45) is 4.21. The fraction of sp³-hybridized carbons (Fsp3) is 0.455. The molecule has 2 aromatic rings. The van der Waals surface area contributed by atoms with Gasteiger partial charge in [-0.1, -0.05) is 0 Å². The predicted octanol–water partition coefficient (Wildman–Crippen LogP) is 5.46. The number of carbonyl (C=O) groups is 1. The first-order valence-electron chi connectivity index (χ1n) is 10.3. The van der Waals surface area contributed by atoms with Crippen LogP contribution in [-0.4, -0.2) is 30.8 Å². The molecular weight excluding hydrogens is 402 g/mol. The summed E-state index contributed by atoms with van der Waals surface area (Å²) < 4.78 is 5.31. The Morgan fingerprint density at radius 1 is 1.10 bits per heavy atom. The van der Waals surface area contributed by atoms with Gasteiger partial charge in [0.25, 0.3) is 0 Å². The van der Waals surface area contributed by atoms with Gasteiger partial charge in [0.2, 0.25) is 0 Å². The first-order chi connectivity index (χ1) is 14.1. The van der Waals surface area contributed by atoms with Gasteiger partial charge >= 0.3 is 5.97 Å². The number of fused-ring (bicyclic) bond motifs is 1. The van der Waals surface area contributed by atoms with Gasteiger partial charge in [0.05, 0.1) is 12.2 Å². The van der Waals surface area contributed by atoms with Crippen molar-refractivity contribution in [2.75, 3.05) is 35.2 Å². The minimum atomic E-state index is -0.263. The molecule has 0 fully saturated rings. The first-order valence-corrected chi connectivity index (χ1v) is 11.5. The molecule has 0 amide bonds. The van der Waals surface area contributed by atoms with E-state index in [0.29, 0.717) is 17.3 Å². The summed E-state index contributed by atoms with van der Waals surface area (Å²) in [7, 11) is 0. The van der Waals surface area contributed by atoms with Crippen molar-refractivity contribution >= 4 is 51.0 Å². The third-order valence-corrected chi connectivity index (χ3v) is 6.54. The van der Waals surface area contributed by atoms with Crippen molar-refractivity contribution in [3.05, 3.63) is 40.3 Å². The maximum atomic E-state index is 12.6. The largest absolute Gasteiger partial charge is 0.462 e. The first kappa shape index (κ1) is 21.6. The molecular formula is C22H29N3O2S2. The number of nitrogens with one attached hydrogen (secondary N) is 2. The molecule has 2 N–H and O–H groups in total. The fourth-order valence-electron chi connectivity index (χ4n) is 3.68. The number of aryl methyl sites for hydroxylation is 1. The van der Waals surface area contributed by atoms with Gasteiger partial charge in [0.1, 0.15) is 5.00 Å². The number of esters is 1. The molecule has 0 bridgehead atoms. The lowest BCUT2D eigenvalue weighted by atomic mass is 9.95. The molecule has 5 nitrogen and oxygen atoms in total. The zero-order valence-corrected chi connectivity index (χ0v) is 19.0. The lowest BCUT2D eigenvalue weighted by Crippen LogP contribution is -2.22. The van der Waals surface area contributed by atoms with Crippen LogP contribution in [0.15, 0.2) is 24.3 Å². The Morgan fingerprint density at radius 2 is 1.79 bits per heavy atom. The van der Waals surface area contributed by atoms with E-state index in [2.05, 4.69) is 41.5 Å². The average molecular weight is 432 g/mol. The molecule has 1 aromatic heterocycles. The van der Waals surface area contributed by atoms with Crippen molar-refractivity contribution < 1.29 is 9.53 Å².